The Hall–Kier alpha value is -3.24. The summed E-state index contributed by atoms with van der Waals surface area (Å²) in [6, 6.07) is 0. The van der Waals surface area contributed by atoms with Gasteiger partial charge in [-0.05, 0) is 96.4 Å². The van der Waals surface area contributed by atoms with Crippen molar-refractivity contribution in [1.82, 2.24) is 0 Å². The van der Waals surface area contributed by atoms with Crippen molar-refractivity contribution >= 4 is 57.3 Å². The highest BCUT2D eigenvalue weighted by Gasteiger charge is 2.18. The normalized spacial score (nSPS) is 11.0. The first-order valence-corrected chi connectivity index (χ1v) is 20.3. The van der Waals surface area contributed by atoms with E-state index in [2.05, 4.69) is 39.5 Å². The highest BCUT2D eigenvalue weighted by Crippen LogP contribution is 2.26. The van der Waals surface area contributed by atoms with Crippen LogP contribution in [0.25, 0.3) is 0 Å². The van der Waals surface area contributed by atoms with E-state index in [1.54, 1.807) is 20.8 Å². The average molecular weight is 839 g/mol. The highest BCUT2D eigenvalue weighted by atomic mass is 32.2. The van der Waals surface area contributed by atoms with E-state index in [4.69, 9.17) is 9.47 Å². The van der Waals surface area contributed by atoms with Gasteiger partial charge in [-0.25, -0.2) is 9.59 Å². The maximum absolute atomic E-state index is 11.1. The van der Waals surface area contributed by atoms with E-state index in [9.17, 15) is 28.8 Å². The van der Waals surface area contributed by atoms with Crippen LogP contribution in [-0.2, 0) is 38.2 Å². The number of Topliss-reactive ketones (excluding diaryl/α,β-unsaturated/α-hetero) is 1. The zero-order valence-corrected chi connectivity index (χ0v) is 41.6. The topological polar surface area (TPSA) is 121 Å². The predicted octanol–water partition coefficient (Wildman–Crippen LogP) is 13.0. The van der Waals surface area contributed by atoms with E-state index >= 15 is 0 Å². The first kappa shape index (κ1) is 65.6. The van der Waals surface area contributed by atoms with Crippen LogP contribution in [0, 0.1) is 10.8 Å². The van der Waals surface area contributed by atoms with Crippen LogP contribution in [0.5, 0.6) is 0 Å². The first-order chi connectivity index (χ1) is 24.8. The first-order valence-electron chi connectivity index (χ1n) is 18.7. The molecular weight excluding hydrogens is 757 g/mol. The molecule has 330 valence electrons. The molecule has 0 N–H and O–H groups in total. The minimum absolute atomic E-state index is 0.00995. The summed E-state index contributed by atoms with van der Waals surface area (Å²) >= 11 is 2.63. The molecule has 0 aromatic carbocycles. The quantitative estimate of drug-likeness (QED) is 0.172. The van der Waals surface area contributed by atoms with E-state index in [-0.39, 0.29) is 54.1 Å². The van der Waals surface area contributed by atoms with Crippen LogP contribution in [-0.4, -0.2) is 54.4 Å². The minimum atomic E-state index is -0.407. The summed E-state index contributed by atoms with van der Waals surface area (Å²) in [5, 5.41) is 0.134. The summed E-state index contributed by atoms with van der Waals surface area (Å²) in [5.74, 6) is -0.398. The lowest BCUT2D eigenvalue weighted by atomic mass is 9.88. The van der Waals surface area contributed by atoms with Gasteiger partial charge >= 0.3 is 11.9 Å². The summed E-state index contributed by atoms with van der Waals surface area (Å²) < 4.78 is 9.82. The van der Waals surface area contributed by atoms with Gasteiger partial charge in [0, 0.05) is 34.0 Å². The van der Waals surface area contributed by atoms with Crippen LogP contribution in [0.2, 0.25) is 0 Å². The zero-order valence-electron chi connectivity index (χ0n) is 40.0. The zero-order chi connectivity index (χ0) is 47.6. The molecule has 0 aliphatic carbocycles. The molecule has 0 unspecified atom stereocenters. The van der Waals surface area contributed by atoms with Crippen molar-refractivity contribution in [3.63, 3.8) is 0 Å². The van der Waals surface area contributed by atoms with Gasteiger partial charge in [-0.1, -0.05) is 146 Å². The lowest BCUT2D eigenvalue weighted by molar-refractivity contribution is -0.150. The van der Waals surface area contributed by atoms with Gasteiger partial charge in [0.25, 0.3) is 0 Å². The van der Waals surface area contributed by atoms with Crippen LogP contribution < -0.4 is 0 Å². The Kier molecular flexibility index (Phi) is 34.4. The highest BCUT2D eigenvalue weighted by molar-refractivity contribution is 8.15. The lowest BCUT2D eigenvalue weighted by Crippen LogP contribution is -2.23. The standard InChI is InChI=1S/C9H16O.C8H14O2.C8H14OS.C8H14O.C7H12O2.C7H12OS/c1-7(2)8(10)6-9(3,4)5;2*1-6(2)7(9)10-8(3,4)5;1-5-7(9)6-8(2,3)4;2*1-5-6(8)9-7(2,3)4/h1,6H2,2-5H3;2*1H2,2-5H3;5H,1,6H2,2-4H3;2*5H,1H2,2-4H3. The van der Waals surface area contributed by atoms with Gasteiger partial charge in [-0.2, -0.15) is 0 Å². The molecule has 0 aliphatic heterocycles. The number of hydrogen-bond donors (Lipinski definition) is 0. The van der Waals surface area contributed by atoms with Gasteiger partial charge in [-0.3, -0.25) is 19.2 Å². The monoisotopic (exact) mass is 839 g/mol. The van der Waals surface area contributed by atoms with Crippen LogP contribution in [0.15, 0.2) is 74.4 Å². The molecule has 0 aromatic heterocycles. The Morgan fingerprint density at radius 1 is 0.491 bits per heavy atom. The van der Waals surface area contributed by atoms with Crippen LogP contribution in [0.1, 0.15) is 158 Å². The van der Waals surface area contributed by atoms with E-state index < -0.39 is 11.2 Å². The molecule has 0 bridgehead atoms. The third-order valence-corrected chi connectivity index (χ3v) is 6.87. The van der Waals surface area contributed by atoms with Crippen molar-refractivity contribution in [2.45, 2.75) is 179 Å². The number of carbonyl (C=O) groups excluding carboxylic acids is 6. The molecule has 0 saturated heterocycles. The number of ether oxygens (including phenoxy) is 2. The molecule has 10 heteroatoms. The number of ketones is 2. The fourth-order valence-electron chi connectivity index (χ4n) is 2.64. The van der Waals surface area contributed by atoms with Gasteiger partial charge < -0.3 is 9.47 Å². The van der Waals surface area contributed by atoms with E-state index in [0.717, 1.165) is 6.08 Å². The smallest absolute Gasteiger partial charge is 0.333 e. The molecule has 0 aliphatic rings. The van der Waals surface area contributed by atoms with E-state index in [0.29, 0.717) is 29.6 Å². The molecule has 0 amide bonds. The molecule has 0 aromatic rings. The summed E-state index contributed by atoms with van der Waals surface area (Å²) in [6.07, 6.45) is 5.07. The third kappa shape index (κ3) is 67.9. The number of hydrogen-bond acceptors (Lipinski definition) is 10. The molecule has 0 fully saturated rings. The van der Waals surface area contributed by atoms with Crippen molar-refractivity contribution in [2.75, 3.05) is 0 Å². The van der Waals surface area contributed by atoms with Crippen molar-refractivity contribution in [2.24, 2.45) is 10.8 Å². The number of esters is 2. The second kappa shape index (κ2) is 29.9. The Morgan fingerprint density at radius 2 is 0.860 bits per heavy atom. The molecule has 57 heavy (non-hydrogen) atoms. The second-order valence-corrected chi connectivity index (χ2v) is 23.0. The number of carbonyl (C=O) groups is 6. The van der Waals surface area contributed by atoms with Crippen molar-refractivity contribution < 1.29 is 38.2 Å². The largest absolute Gasteiger partial charge is 0.457 e. The lowest BCUT2D eigenvalue weighted by Gasteiger charge is -2.19. The minimum Gasteiger partial charge on any atom is -0.457 e. The van der Waals surface area contributed by atoms with Crippen LogP contribution in [0.4, 0.5) is 0 Å². The summed E-state index contributed by atoms with van der Waals surface area (Å²) in [6.45, 7) is 61.0. The summed E-state index contributed by atoms with van der Waals surface area (Å²) in [5.41, 5.74) is 1.12. The maximum Gasteiger partial charge on any atom is 0.333 e. The Balaban J connectivity index is -0.000000137. The Labute approximate surface area is 358 Å². The van der Waals surface area contributed by atoms with E-state index in [1.807, 2.05) is 125 Å². The average Bonchev–Trinajstić information content (AvgIpc) is 2.93. The summed E-state index contributed by atoms with van der Waals surface area (Å²) in [4.78, 5) is 64.8. The van der Waals surface area contributed by atoms with Crippen LogP contribution in [0.3, 0.4) is 0 Å². The Morgan fingerprint density at radius 3 is 0.965 bits per heavy atom. The molecule has 0 saturated carbocycles. The van der Waals surface area contributed by atoms with Crippen molar-refractivity contribution in [3.8, 4) is 0 Å². The molecule has 0 rings (SSSR count). The van der Waals surface area contributed by atoms with Crippen molar-refractivity contribution in [1.29, 1.82) is 0 Å². The Bertz CT molecular complexity index is 1190. The molecular formula is C47H82O8S2. The maximum atomic E-state index is 11.1. The molecule has 0 spiro atoms. The van der Waals surface area contributed by atoms with Gasteiger partial charge in [0.1, 0.15) is 11.2 Å². The number of thioether (sulfide) groups is 2. The number of allylic oxidation sites excluding steroid dienone is 2. The van der Waals surface area contributed by atoms with Gasteiger partial charge in [0.05, 0.1) is 0 Å². The second-order valence-electron chi connectivity index (χ2n) is 19.4. The molecule has 0 heterocycles. The molecule has 8 nitrogen and oxygen atoms in total. The van der Waals surface area contributed by atoms with Crippen molar-refractivity contribution in [3.05, 3.63) is 74.4 Å². The van der Waals surface area contributed by atoms with Crippen LogP contribution >= 0.6 is 23.5 Å². The van der Waals surface area contributed by atoms with Gasteiger partial charge in [0.2, 0.25) is 10.2 Å². The summed E-state index contributed by atoms with van der Waals surface area (Å²) in [7, 11) is 0. The fraction of sp³-hybridized carbons (Fsp3) is 0.617. The van der Waals surface area contributed by atoms with Gasteiger partial charge in [-0.15, -0.1) is 0 Å². The predicted molar refractivity (Wildman–Crippen MR) is 250 cm³/mol. The molecule has 0 atom stereocenters. The molecule has 0 radical (unpaired) electrons. The van der Waals surface area contributed by atoms with E-state index in [1.165, 1.54) is 35.7 Å². The SMILES string of the molecule is C=C(C)C(=O)CC(C)(C)C.C=C(C)C(=O)OC(C)(C)C.C=C(C)C(=O)SC(C)(C)C.C=CC(=O)CC(C)(C)C.C=CC(=O)OC(C)(C)C.C=CC(=O)SC(C)(C)C. The van der Waals surface area contributed by atoms with Gasteiger partial charge in [0.15, 0.2) is 11.6 Å². The number of rotatable bonds is 8. The third-order valence-electron chi connectivity index (χ3n) is 4.74. The fourth-order valence-corrected chi connectivity index (χ4v) is 4.06.